The van der Waals surface area contributed by atoms with Crippen LogP contribution in [-0.2, 0) is 4.79 Å². The van der Waals surface area contributed by atoms with Crippen molar-refractivity contribution in [1.82, 2.24) is 10.2 Å². The molecule has 26 heavy (non-hydrogen) atoms. The fourth-order valence-corrected chi connectivity index (χ4v) is 4.66. The highest BCUT2D eigenvalue weighted by atomic mass is 16.3. The maximum atomic E-state index is 12.9. The highest BCUT2D eigenvalue weighted by molar-refractivity contribution is 6.53. The predicted molar refractivity (Wildman–Crippen MR) is 100.0 cm³/mol. The van der Waals surface area contributed by atoms with Crippen LogP contribution in [0.4, 0.5) is 0 Å². The number of allylic oxidation sites excluding steroid dienone is 3. The summed E-state index contributed by atoms with van der Waals surface area (Å²) < 4.78 is 5.17. The van der Waals surface area contributed by atoms with Crippen LogP contribution in [0, 0.1) is 0 Å². The zero-order chi connectivity index (χ0) is 17.7. The van der Waals surface area contributed by atoms with Crippen LogP contribution in [0.5, 0.6) is 0 Å². The van der Waals surface area contributed by atoms with E-state index in [2.05, 4.69) is 33.5 Å². The molecule has 1 aliphatic carbocycles. The Kier molecular flexibility index (Phi) is 3.67. The second kappa shape index (κ2) is 6.06. The quantitative estimate of drug-likeness (QED) is 0.911. The van der Waals surface area contributed by atoms with Crippen LogP contribution in [0.3, 0.4) is 0 Å². The molecule has 0 spiro atoms. The Morgan fingerprint density at radius 3 is 2.81 bits per heavy atom. The van der Waals surface area contributed by atoms with Crippen molar-refractivity contribution >= 4 is 22.9 Å². The maximum absolute atomic E-state index is 12.9. The van der Waals surface area contributed by atoms with Crippen molar-refractivity contribution in [2.24, 2.45) is 10.2 Å². The molecule has 2 atom stereocenters. The molecule has 3 aliphatic heterocycles. The molecule has 6 nitrogen and oxygen atoms in total. The molecule has 1 aromatic rings. The highest BCUT2D eigenvalue weighted by Gasteiger charge is 2.39. The van der Waals surface area contributed by atoms with Crippen LogP contribution in [0.1, 0.15) is 37.7 Å². The minimum absolute atomic E-state index is 0.0996. The van der Waals surface area contributed by atoms with E-state index < -0.39 is 0 Å². The monoisotopic (exact) mass is 350 g/mol. The van der Waals surface area contributed by atoms with E-state index in [1.807, 2.05) is 12.1 Å². The number of rotatable bonds is 3. The number of nitrogens with one attached hydrogen (secondary N) is 1. The van der Waals surface area contributed by atoms with Gasteiger partial charge in [-0.2, -0.15) is 5.10 Å². The number of hydrogen-bond donors (Lipinski definition) is 1. The molecule has 134 valence electrons. The molecule has 0 aromatic carbocycles. The fraction of sp³-hybridized carbons (Fsp3) is 0.450. The number of hydrogen-bond acceptors (Lipinski definition) is 5. The van der Waals surface area contributed by atoms with Gasteiger partial charge in [-0.15, -0.1) is 5.10 Å². The molecule has 2 fully saturated rings. The molecule has 4 aliphatic rings. The van der Waals surface area contributed by atoms with Crippen molar-refractivity contribution < 1.29 is 9.21 Å². The second-order valence-electron chi connectivity index (χ2n) is 7.62. The third-order valence-electron chi connectivity index (χ3n) is 6.15. The standard InChI is InChI=1S/C20H22N4O2/c1-24-15-3-4-16(24)10-14(9-15)21-20(25)19-17-8-12(13-6-7-26-11-13)2-5-18(17)22-23-19/h2,6-8,11,14-16H,3-5,9-10H2,1H3,(H,21,25). The molecule has 6 heteroatoms. The van der Waals surface area contributed by atoms with E-state index in [1.54, 1.807) is 12.5 Å². The molecule has 1 aromatic heterocycles. The van der Waals surface area contributed by atoms with E-state index in [-0.39, 0.29) is 11.9 Å². The van der Waals surface area contributed by atoms with Crippen LogP contribution in [0.2, 0.25) is 0 Å². The third-order valence-corrected chi connectivity index (χ3v) is 6.15. The normalized spacial score (nSPS) is 30.3. The van der Waals surface area contributed by atoms with Crippen molar-refractivity contribution in [3.05, 3.63) is 41.9 Å². The van der Waals surface area contributed by atoms with Crippen molar-refractivity contribution in [3.8, 4) is 0 Å². The Labute approximate surface area is 152 Å². The molecule has 4 heterocycles. The van der Waals surface area contributed by atoms with Gasteiger partial charge in [-0.05, 0) is 50.4 Å². The molecule has 1 amide bonds. The van der Waals surface area contributed by atoms with Gasteiger partial charge in [0.15, 0.2) is 5.71 Å². The number of carbonyl (C=O) groups excluding carboxylic acids is 1. The zero-order valence-electron chi connectivity index (χ0n) is 14.8. The highest BCUT2D eigenvalue weighted by Crippen LogP contribution is 2.34. The summed E-state index contributed by atoms with van der Waals surface area (Å²) in [5, 5.41) is 11.6. The van der Waals surface area contributed by atoms with Crippen LogP contribution in [-0.4, -0.2) is 47.4 Å². The zero-order valence-corrected chi connectivity index (χ0v) is 14.8. The topological polar surface area (TPSA) is 70.2 Å². The fourth-order valence-electron chi connectivity index (χ4n) is 4.66. The summed E-state index contributed by atoms with van der Waals surface area (Å²) in [4.78, 5) is 15.3. The lowest BCUT2D eigenvalue weighted by Crippen LogP contribution is -2.50. The van der Waals surface area contributed by atoms with Crippen molar-refractivity contribution in [2.75, 3.05) is 7.05 Å². The van der Waals surface area contributed by atoms with Gasteiger partial charge in [0.05, 0.1) is 18.2 Å². The number of carbonyl (C=O) groups is 1. The molecule has 0 saturated carbocycles. The lowest BCUT2D eigenvalue weighted by molar-refractivity contribution is -0.115. The first-order valence-electron chi connectivity index (χ1n) is 9.31. The minimum Gasteiger partial charge on any atom is -0.472 e. The summed E-state index contributed by atoms with van der Waals surface area (Å²) in [6, 6.07) is 3.35. The van der Waals surface area contributed by atoms with Crippen molar-refractivity contribution in [2.45, 2.75) is 50.2 Å². The Balaban J connectivity index is 1.31. The first-order valence-corrected chi connectivity index (χ1v) is 9.31. The van der Waals surface area contributed by atoms with Crippen LogP contribution < -0.4 is 5.32 Å². The first-order chi connectivity index (χ1) is 12.7. The van der Waals surface area contributed by atoms with E-state index in [1.165, 1.54) is 12.8 Å². The van der Waals surface area contributed by atoms with Gasteiger partial charge in [0.25, 0.3) is 5.91 Å². The summed E-state index contributed by atoms with van der Waals surface area (Å²) >= 11 is 0. The lowest BCUT2D eigenvalue weighted by atomic mass is 9.91. The molecule has 5 rings (SSSR count). The summed E-state index contributed by atoms with van der Waals surface area (Å²) in [5.41, 5.74) is 4.21. The van der Waals surface area contributed by atoms with Gasteiger partial charge in [-0.25, -0.2) is 0 Å². The average molecular weight is 350 g/mol. The van der Waals surface area contributed by atoms with Crippen molar-refractivity contribution in [1.29, 1.82) is 0 Å². The molecule has 2 saturated heterocycles. The minimum atomic E-state index is -0.0996. The Morgan fingerprint density at radius 2 is 2.08 bits per heavy atom. The number of fused-ring (bicyclic) bond motifs is 3. The lowest BCUT2D eigenvalue weighted by Gasteiger charge is -2.36. The average Bonchev–Trinajstić information content (AvgIpc) is 3.34. The van der Waals surface area contributed by atoms with E-state index >= 15 is 0 Å². The summed E-state index contributed by atoms with van der Waals surface area (Å²) in [5.74, 6) is -0.0996. The smallest absolute Gasteiger partial charge is 0.272 e. The van der Waals surface area contributed by atoms with E-state index in [9.17, 15) is 4.79 Å². The van der Waals surface area contributed by atoms with Crippen LogP contribution in [0.25, 0.3) is 5.57 Å². The number of piperidine rings is 1. The largest absolute Gasteiger partial charge is 0.472 e. The maximum Gasteiger partial charge on any atom is 0.272 e. The first kappa shape index (κ1) is 15.8. The van der Waals surface area contributed by atoms with E-state index in [0.29, 0.717) is 24.2 Å². The summed E-state index contributed by atoms with van der Waals surface area (Å²) in [6.45, 7) is 0. The third kappa shape index (κ3) is 2.56. The van der Waals surface area contributed by atoms with Gasteiger partial charge in [-0.3, -0.25) is 4.79 Å². The SMILES string of the molecule is CN1C2CCC1CC(NC(=O)C1=NN=C3CC=C(c4ccoc4)C=C31)C2. The van der Waals surface area contributed by atoms with Gasteiger partial charge < -0.3 is 14.6 Å². The Bertz CT molecular complexity index is 848. The van der Waals surface area contributed by atoms with Gasteiger partial charge >= 0.3 is 0 Å². The molecule has 2 unspecified atom stereocenters. The Morgan fingerprint density at radius 1 is 1.27 bits per heavy atom. The molecule has 1 N–H and O–H groups in total. The van der Waals surface area contributed by atoms with E-state index in [4.69, 9.17) is 4.42 Å². The molecular weight excluding hydrogens is 328 g/mol. The van der Waals surface area contributed by atoms with E-state index in [0.717, 1.165) is 35.3 Å². The number of furan rings is 1. The number of amides is 1. The Hall–Kier alpha value is -2.47. The van der Waals surface area contributed by atoms with Crippen molar-refractivity contribution in [3.63, 3.8) is 0 Å². The second-order valence-corrected chi connectivity index (χ2v) is 7.62. The van der Waals surface area contributed by atoms with Gasteiger partial charge in [-0.1, -0.05) is 6.08 Å². The van der Waals surface area contributed by atoms with Gasteiger partial charge in [0.2, 0.25) is 0 Å². The van der Waals surface area contributed by atoms with Gasteiger partial charge in [0, 0.05) is 35.7 Å². The van der Waals surface area contributed by atoms with Crippen LogP contribution >= 0.6 is 0 Å². The summed E-state index contributed by atoms with van der Waals surface area (Å²) in [7, 11) is 2.21. The molecule has 2 bridgehead atoms. The number of nitrogens with zero attached hydrogens (tertiary/aromatic N) is 3. The van der Waals surface area contributed by atoms with Crippen LogP contribution in [0.15, 0.2) is 50.9 Å². The summed E-state index contributed by atoms with van der Waals surface area (Å²) in [6.07, 6.45) is 12.7. The molecular formula is C20H22N4O2. The van der Waals surface area contributed by atoms with Gasteiger partial charge in [0.1, 0.15) is 0 Å². The molecule has 0 radical (unpaired) electrons. The predicted octanol–water partition coefficient (Wildman–Crippen LogP) is 2.55.